The lowest BCUT2D eigenvalue weighted by atomic mass is 10.2. The lowest BCUT2D eigenvalue weighted by molar-refractivity contribution is -0.121. The second-order valence-electron chi connectivity index (χ2n) is 4.15. The van der Waals surface area contributed by atoms with E-state index in [1.807, 2.05) is 13.8 Å². The van der Waals surface area contributed by atoms with Crippen LogP contribution in [0.15, 0.2) is 12.4 Å². The minimum Gasteiger partial charge on any atom is -0.476 e. The smallest absolute Gasteiger partial charge is 0.356 e. The average Bonchev–Trinajstić information content (AvgIpc) is 2.39. The van der Waals surface area contributed by atoms with Crippen molar-refractivity contribution in [2.75, 3.05) is 11.9 Å². The zero-order chi connectivity index (χ0) is 14.3. The van der Waals surface area contributed by atoms with Crippen molar-refractivity contribution in [2.45, 2.75) is 32.7 Å². The number of rotatable bonds is 7. The normalized spacial score (nSPS) is 11.7. The fourth-order valence-corrected chi connectivity index (χ4v) is 1.28. The van der Waals surface area contributed by atoms with Crippen molar-refractivity contribution in [3.8, 4) is 0 Å². The molecule has 0 aliphatic rings. The third-order valence-corrected chi connectivity index (χ3v) is 2.55. The Kier molecular flexibility index (Phi) is 5.72. The predicted octanol–water partition coefficient (Wildman–Crippen LogP) is 0.891. The Balaban J connectivity index is 2.33. The SMILES string of the molecule is CCC(C)NC(=O)CCNc1cnc(C(=O)O)cn1. The first-order valence-corrected chi connectivity index (χ1v) is 6.11. The van der Waals surface area contributed by atoms with Crippen LogP contribution in [-0.2, 0) is 4.79 Å². The molecule has 1 amide bonds. The van der Waals surface area contributed by atoms with E-state index < -0.39 is 5.97 Å². The third kappa shape index (κ3) is 5.33. The quantitative estimate of drug-likeness (QED) is 0.677. The number of carboxylic acids is 1. The highest BCUT2D eigenvalue weighted by Crippen LogP contribution is 2.01. The van der Waals surface area contributed by atoms with Crippen LogP contribution in [0.3, 0.4) is 0 Å². The van der Waals surface area contributed by atoms with Crippen LogP contribution in [0.5, 0.6) is 0 Å². The Hall–Kier alpha value is -2.18. The van der Waals surface area contributed by atoms with Crippen molar-refractivity contribution in [3.05, 3.63) is 18.1 Å². The van der Waals surface area contributed by atoms with Crippen LogP contribution < -0.4 is 10.6 Å². The number of nitrogens with zero attached hydrogens (tertiary/aromatic N) is 2. The topological polar surface area (TPSA) is 104 Å². The maximum absolute atomic E-state index is 11.5. The second kappa shape index (κ2) is 7.30. The fourth-order valence-electron chi connectivity index (χ4n) is 1.28. The molecule has 7 nitrogen and oxygen atoms in total. The van der Waals surface area contributed by atoms with Crippen LogP contribution >= 0.6 is 0 Å². The van der Waals surface area contributed by atoms with Gasteiger partial charge in [0, 0.05) is 19.0 Å². The van der Waals surface area contributed by atoms with Gasteiger partial charge in [0.25, 0.3) is 0 Å². The van der Waals surface area contributed by atoms with E-state index in [1.165, 1.54) is 12.4 Å². The van der Waals surface area contributed by atoms with Crippen molar-refractivity contribution in [3.63, 3.8) is 0 Å². The van der Waals surface area contributed by atoms with Crippen LogP contribution in [0, 0.1) is 0 Å². The van der Waals surface area contributed by atoms with Gasteiger partial charge in [-0.15, -0.1) is 0 Å². The predicted molar refractivity (Wildman–Crippen MR) is 70.0 cm³/mol. The molecule has 0 bridgehead atoms. The third-order valence-electron chi connectivity index (χ3n) is 2.55. The number of nitrogens with one attached hydrogen (secondary N) is 2. The molecule has 19 heavy (non-hydrogen) atoms. The summed E-state index contributed by atoms with van der Waals surface area (Å²) in [6.45, 7) is 4.37. The van der Waals surface area contributed by atoms with Crippen molar-refractivity contribution >= 4 is 17.7 Å². The Morgan fingerprint density at radius 2 is 2.11 bits per heavy atom. The highest BCUT2D eigenvalue weighted by molar-refractivity contribution is 5.84. The highest BCUT2D eigenvalue weighted by atomic mass is 16.4. The molecule has 3 N–H and O–H groups in total. The summed E-state index contributed by atoms with van der Waals surface area (Å²) in [5, 5.41) is 14.4. The molecule has 0 radical (unpaired) electrons. The molecule has 1 heterocycles. The number of anilines is 1. The molecule has 0 aliphatic carbocycles. The molecule has 7 heteroatoms. The molecule has 0 saturated carbocycles. The molecular formula is C12H18N4O3. The maximum atomic E-state index is 11.5. The number of carbonyl (C=O) groups is 2. The number of aromatic nitrogens is 2. The number of carboxylic acid groups (broad SMARTS) is 1. The minimum absolute atomic E-state index is 0.0306. The minimum atomic E-state index is -1.12. The van der Waals surface area contributed by atoms with E-state index >= 15 is 0 Å². The van der Waals surface area contributed by atoms with E-state index in [2.05, 4.69) is 20.6 Å². The number of hydrogen-bond donors (Lipinski definition) is 3. The molecular weight excluding hydrogens is 248 g/mol. The summed E-state index contributed by atoms with van der Waals surface area (Å²) in [6, 6.07) is 0.169. The van der Waals surface area contributed by atoms with Gasteiger partial charge in [-0.25, -0.2) is 14.8 Å². The van der Waals surface area contributed by atoms with Gasteiger partial charge < -0.3 is 15.7 Å². The van der Waals surface area contributed by atoms with Gasteiger partial charge in [0.15, 0.2) is 5.69 Å². The summed E-state index contributed by atoms with van der Waals surface area (Å²) in [6.07, 6.45) is 3.72. The Morgan fingerprint density at radius 3 is 2.63 bits per heavy atom. The van der Waals surface area contributed by atoms with Crippen LogP contribution in [0.1, 0.15) is 37.2 Å². The van der Waals surface area contributed by atoms with Crippen LogP contribution in [-0.4, -0.2) is 39.5 Å². The lowest BCUT2D eigenvalue weighted by Gasteiger charge is -2.11. The van der Waals surface area contributed by atoms with Gasteiger partial charge in [-0.05, 0) is 13.3 Å². The molecule has 0 aliphatic heterocycles. The monoisotopic (exact) mass is 266 g/mol. The van der Waals surface area contributed by atoms with E-state index in [0.29, 0.717) is 18.8 Å². The molecule has 1 unspecified atom stereocenters. The molecule has 1 aromatic heterocycles. The second-order valence-corrected chi connectivity index (χ2v) is 4.15. The summed E-state index contributed by atoms with van der Waals surface area (Å²) in [5.74, 6) is -0.703. The highest BCUT2D eigenvalue weighted by Gasteiger charge is 2.06. The number of amides is 1. The molecule has 104 valence electrons. The standard InChI is InChI=1S/C12H18N4O3/c1-3-8(2)16-11(17)4-5-13-10-7-14-9(6-15-10)12(18)19/h6-8H,3-5H2,1-2H3,(H,13,15)(H,16,17)(H,18,19). The Bertz CT molecular complexity index is 433. The number of carbonyl (C=O) groups excluding carboxylic acids is 1. The maximum Gasteiger partial charge on any atom is 0.356 e. The Morgan fingerprint density at radius 1 is 1.37 bits per heavy atom. The van der Waals surface area contributed by atoms with Crippen LogP contribution in [0.2, 0.25) is 0 Å². The molecule has 0 fully saturated rings. The summed E-state index contributed by atoms with van der Waals surface area (Å²) >= 11 is 0. The van der Waals surface area contributed by atoms with E-state index in [-0.39, 0.29) is 17.6 Å². The average molecular weight is 266 g/mol. The summed E-state index contributed by atoms with van der Waals surface area (Å²) in [7, 11) is 0. The van der Waals surface area contributed by atoms with E-state index in [1.54, 1.807) is 0 Å². The van der Waals surface area contributed by atoms with E-state index in [0.717, 1.165) is 6.42 Å². The van der Waals surface area contributed by atoms with Crippen molar-refractivity contribution in [1.29, 1.82) is 0 Å². The molecule has 0 saturated heterocycles. The molecule has 0 spiro atoms. The van der Waals surface area contributed by atoms with Crippen LogP contribution in [0.25, 0.3) is 0 Å². The number of aromatic carboxylic acids is 1. The first kappa shape index (κ1) is 14.9. The zero-order valence-electron chi connectivity index (χ0n) is 11.0. The zero-order valence-corrected chi connectivity index (χ0v) is 11.0. The van der Waals surface area contributed by atoms with Gasteiger partial charge in [-0.2, -0.15) is 0 Å². The first-order valence-electron chi connectivity index (χ1n) is 6.11. The lowest BCUT2D eigenvalue weighted by Crippen LogP contribution is -2.33. The fraction of sp³-hybridized carbons (Fsp3) is 0.500. The summed E-state index contributed by atoms with van der Waals surface area (Å²) in [4.78, 5) is 29.7. The molecule has 1 rings (SSSR count). The largest absolute Gasteiger partial charge is 0.476 e. The number of hydrogen-bond acceptors (Lipinski definition) is 5. The van der Waals surface area contributed by atoms with E-state index in [9.17, 15) is 9.59 Å². The van der Waals surface area contributed by atoms with Crippen molar-refractivity contribution in [2.24, 2.45) is 0 Å². The summed E-state index contributed by atoms with van der Waals surface area (Å²) in [5.41, 5.74) is -0.111. The molecule has 1 aromatic rings. The van der Waals surface area contributed by atoms with Gasteiger partial charge in [-0.3, -0.25) is 4.79 Å². The van der Waals surface area contributed by atoms with Crippen molar-refractivity contribution in [1.82, 2.24) is 15.3 Å². The molecule has 1 atom stereocenters. The van der Waals surface area contributed by atoms with Gasteiger partial charge in [0.1, 0.15) is 5.82 Å². The summed E-state index contributed by atoms with van der Waals surface area (Å²) < 4.78 is 0. The van der Waals surface area contributed by atoms with Crippen molar-refractivity contribution < 1.29 is 14.7 Å². The first-order chi connectivity index (χ1) is 9.02. The van der Waals surface area contributed by atoms with Gasteiger partial charge >= 0.3 is 5.97 Å². The van der Waals surface area contributed by atoms with Gasteiger partial charge in [-0.1, -0.05) is 6.92 Å². The van der Waals surface area contributed by atoms with Gasteiger partial charge in [0.2, 0.25) is 5.91 Å². The molecule has 0 aromatic carbocycles. The van der Waals surface area contributed by atoms with Crippen LogP contribution in [0.4, 0.5) is 5.82 Å². The van der Waals surface area contributed by atoms with E-state index in [4.69, 9.17) is 5.11 Å². The van der Waals surface area contributed by atoms with Gasteiger partial charge in [0.05, 0.1) is 12.4 Å². The Labute approximate surface area is 111 Å².